The molecule has 0 aromatic heterocycles. The average Bonchev–Trinajstić information content (AvgIpc) is 3.86. The number of fused-ring (bicyclic) bond motifs is 6. The predicted molar refractivity (Wildman–Crippen MR) is 175 cm³/mol. The Morgan fingerprint density at radius 2 is 1.17 bits per heavy atom. The lowest BCUT2D eigenvalue weighted by atomic mass is 9.62. The van der Waals surface area contributed by atoms with Gasteiger partial charge < -0.3 is 34.3 Å². The van der Waals surface area contributed by atoms with Crippen molar-refractivity contribution in [2.75, 3.05) is 0 Å². The maximum Gasteiger partial charge on any atom is 0.339 e. The predicted octanol–water partition coefficient (Wildman–Crippen LogP) is 5.62. The Balaban J connectivity index is 1.32. The van der Waals surface area contributed by atoms with Crippen molar-refractivity contribution in [1.82, 2.24) is 0 Å². The van der Waals surface area contributed by atoms with Gasteiger partial charge in [0, 0.05) is 5.92 Å². The van der Waals surface area contributed by atoms with Gasteiger partial charge in [0.1, 0.15) is 12.2 Å². The third kappa shape index (κ3) is 6.99. The molecule has 0 spiro atoms. The molecule has 12 atom stereocenters. The number of esters is 2. The molecular weight excluding hydrogens is 600 g/mol. The molecule has 47 heavy (non-hydrogen) atoms. The van der Waals surface area contributed by atoms with Crippen LogP contribution in [0, 0.1) is 17.8 Å². The van der Waals surface area contributed by atoms with Crippen molar-refractivity contribution >= 4 is 11.9 Å². The van der Waals surface area contributed by atoms with E-state index in [0.717, 1.165) is 25.7 Å². The summed E-state index contributed by atoms with van der Waals surface area (Å²) in [7, 11) is 0. The first kappa shape index (κ1) is 35.1. The van der Waals surface area contributed by atoms with E-state index in [9.17, 15) is 24.9 Å². The Morgan fingerprint density at radius 1 is 0.660 bits per heavy atom. The molecule has 6 rings (SSSR count). The Bertz CT molecular complexity index is 1290. The van der Waals surface area contributed by atoms with E-state index in [1.165, 1.54) is 11.1 Å². The highest BCUT2D eigenvalue weighted by Gasteiger charge is 2.65. The van der Waals surface area contributed by atoms with E-state index in [4.69, 9.17) is 18.9 Å². The number of ether oxygens (including phenoxy) is 4. The molecule has 0 radical (unpaired) electrons. The molecular formula is C38H58O9. The zero-order valence-electron chi connectivity index (χ0n) is 29.4. The molecule has 2 unspecified atom stereocenters. The summed E-state index contributed by atoms with van der Waals surface area (Å²) in [4.78, 5) is 28.4. The van der Waals surface area contributed by atoms with Crippen LogP contribution in [0.2, 0.25) is 0 Å². The van der Waals surface area contributed by atoms with Crippen molar-refractivity contribution in [3.8, 4) is 0 Å². The van der Waals surface area contributed by atoms with Gasteiger partial charge in [-0.15, -0.1) is 0 Å². The van der Waals surface area contributed by atoms with Crippen LogP contribution in [-0.4, -0.2) is 79.7 Å². The van der Waals surface area contributed by atoms with Crippen LogP contribution in [0.25, 0.3) is 0 Å². The molecule has 4 aliphatic heterocycles. The monoisotopic (exact) mass is 658 g/mol. The molecule has 4 saturated heterocycles. The van der Waals surface area contributed by atoms with E-state index in [-0.39, 0.29) is 29.8 Å². The number of allylic oxidation sites excluding steroid dienone is 4. The van der Waals surface area contributed by atoms with Crippen molar-refractivity contribution in [3.05, 3.63) is 23.3 Å². The van der Waals surface area contributed by atoms with Crippen molar-refractivity contribution < 1.29 is 43.9 Å². The Kier molecular flexibility index (Phi) is 9.34. The third-order valence-electron chi connectivity index (χ3n) is 13.0. The number of carbonyl (C=O) groups excluding carboxylic acids is 2. The van der Waals surface area contributed by atoms with Crippen LogP contribution in [0.3, 0.4) is 0 Å². The molecule has 0 aromatic rings. The summed E-state index contributed by atoms with van der Waals surface area (Å²) >= 11 is 0. The van der Waals surface area contributed by atoms with Crippen LogP contribution < -0.4 is 0 Å². The van der Waals surface area contributed by atoms with Gasteiger partial charge in [-0.3, -0.25) is 4.79 Å². The van der Waals surface area contributed by atoms with Gasteiger partial charge in [-0.2, -0.15) is 0 Å². The highest BCUT2D eigenvalue weighted by Crippen LogP contribution is 2.53. The van der Waals surface area contributed by atoms with Crippen molar-refractivity contribution in [2.45, 2.75) is 184 Å². The third-order valence-corrected chi connectivity index (χ3v) is 13.0. The van der Waals surface area contributed by atoms with Crippen LogP contribution in [0.5, 0.6) is 0 Å². The fourth-order valence-corrected chi connectivity index (χ4v) is 9.19. The molecule has 9 heteroatoms. The summed E-state index contributed by atoms with van der Waals surface area (Å²) in [6.45, 7) is 11.8. The second-order valence-electron chi connectivity index (χ2n) is 16.9. The van der Waals surface area contributed by atoms with E-state index >= 15 is 0 Å². The van der Waals surface area contributed by atoms with Crippen molar-refractivity contribution in [1.29, 1.82) is 0 Å². The van der Waals surface area contributed by atoms with E-state index in [1.807, 2.05) is 0 Å². The molecule has 0 saturated carbocycles. The van der Waals surface area contributed by atoms with Crippen molar-refractivity contribution in [2.24, 2.45) is 17.8 Å². The number of hydrogen-bond donors (Lipinski definition) is 3. The van der Waals surface area contributed by atoms with Crippen molar-refractivity contribution in [3.63, 3.8) is 0 Å². The summed E-state index contributed by atoms with van der Waals surface area (Å²) in [6.07, 6.45) is 11.5. The second-order valence-corrected chi connectivity index (χ2v) is 16.9. The maximum atomic E-state index is 14.2. The molecule has 0 aromatic carbocycles. The zero-order chi connectivity index (χ0) is 34.0. The topological polar surface area (TPSA) is 138 Å². The van der Waals surface area contributed by atoms with E-state index in [0.29, 0.717) is 57.8 Å². The minimum absolute atomic E-state index is 0.101. The molecule has 3 N–H and O–H groups in total. The molecule has 4 heterocycles. The molecule has 4 fully saturated rings. The summed E-state index contributed by atoms with van der Waals surface area (Å²) in [6, 6.07) is 0. The zero-order valence-corrected chi connectivity index (χ0v) is 29.4. The van der Waals surface area contributed by atoms with Gasteiger partial charge >= 0.3 is 11.9 Å². The summed E-state index contributed by atoms with van der Waals surface area (Å²) in [5.41, 5.74) is -2.91. The van der Waals surface area contributed by atoms with Gasteiger partial charge in [0.15, 0.2) is 5.60 Å². The molecule has 6 aliphatic rings. The van der Waals surface area contributed by atoms with Crippen LogP contribution in [0.15, 0.2) is 23.3 Å². The summed E-state index contributed by atoms with van der Waals surface area (Å²) in [5, 5.41) is 35.9. The minimum atomic E-state index is -2.14. The number of hydrogen-bond acceptors (Lipinski definition) is 9. The Hall–Kier alpha value is -1.78. The summed E-state index contributed by atoms with van der Waals surface area (Å²) in [5.74, 6) is -3.79. The second kappa shape index (κ2) is 12.5. The first-order chi connectivity index (χ1) is 22.0. The highest BCUT2D eigenvalue weighted by molar-refractivity contribution is 5.89. The SMILES string of the molecule is C/C1=C/CC[C@](C)(O)[C@H]2C[C@@H](CC[C@]3(C)O[C@@H]3CC1)C(C1(O)C(=O)O[C@@H]3C[C@H]1CC[C@]1(C)O[C@@H]1CC/C(C)=C\CC[C@]3(C)O)C(=O)O2. The van der Waals surface area contributed by atoms with Crippen LogP contribution in [-0.2, 0) is 28.5 Å². The number of aliphatic hydroxyl groups is 3. The first-order valence-electron chi connectivity index (χ1n) is 18.2. The Morgan fingerprint density at radius 3 is 1.72 bits per heavy atom. The smallest absolute Gasteiger partial charge is 0.339 e. The van der Waals surface area contributed by atoms with Gasteiger partial charge in [-0.05, 0) is 137 Å². The fourth-order valence-electron chi connectivity index (χ4n) is 9.19. The normalized spacial score (nSPS) is 52.0. The fraction of sp³-hybridized carbons (Fsp3) is 0.842. The van der Waals surface area contributed by atoms with Gasteiger partial charge in [0.25, 0.3) is 0 Å². The quantitative estimate of drug-likeness (QED) is 0.186. The number of rotatable bonds is 1. The van der Waals surface area contributed by atoms with E-state index in [1.54, 1.807) is 13.8 Å². The molecule has 2 aliphatic carbocycles. The average molecular weight is 659 g/mol. The largest absolute Gasteiger partial charge is 0.459 e. The molecule has 0 amide bonds. The van der Waals surface area contributed by atoms with Gasteiger partial charge in [-0.25, -0.2) is 4.79 Å². The molecule has 264 valence electrons. The molecule has 9 nitrogen and oxygen atoms in total. The van der Waals surface area contributed by atoms with E-state index < -0.39 is 58.7 Å². The number of epoxide rings is 2. The lowest BCUT2D eigenvalue weighted by Crippen LogP contribution is -2.66. The molecule has 4 bridgehead atoms. The van der Waals surface area contributed by atoms with Crippen LogP contribution >= 0.6 is 0 Å². The minimum Gasteiger partial charge on any atom is -0.459 e. The maximum absolute atomic E-state index is 14.2. The van der Waals surface area contributed by atoms with E-state index in [2.05, 4.69) is 39.8 Å². The van der Waals surface area contributed by atoms with Crippen LogP contribution in [0.4, 0.5) is 0 Å². The number of carbonyl (C=O) groups is 2. The first-order valence-corrected chi connectivity index (χ1v) is 18.2. The lowest BCUT2D eigenvalue weighted by Gasteiger charge is -2.51. The Labute approximate surface area is 280 Å². The van der Waals surface area contributed by atoms with Gasteiger partial charge in [-0.1, -0.05) is 23.3 Å². The summed E-state index contributed by atoms with van der Waals surface area (Å²) < 4.78 is 24.3. The lowest BCUT2D eigenvalue weighted by molar-refractivity contribution is -0.239. The van der Waals surface area contributed by atoms with Gasteiger partial charge in [0.2, 0.25) is 0 Å². The standard InChI is InChI=1S/C38H58O9/c1-23-9-7-17-34(3,41)29-21-25(15-19-36(5)27(46-36)13-11-23)31(32(39)44-29)38(43)26-16-20-37(6)28(47-37)14-12-24(2)10-8-18-35(4,42)30(22-26)45-33(38)40/h9-10,25-31,41-43H,7-8,11-22H2,1-6H3/b23-9-,24-10-/t25-,26-,27-,28-,29-,30-,31?,34+,35+,36+,37+,38?/m1/s1. The highest BCUT2D eigenvalue weighted by atomic mass is 16.6. The van der Waals surface area contributed by atoms with Gasteiger partial charge in [0.05, 0.1) is 40.5 Å². The van der Waals surface area contributed by atoms with Crippen LogP contribution in [0.1, 0.15) is 131 Å².